The van der Waals surface area contributed by atoms with Gasteiger partial charge in [0.2, 0.25) is 29.6 Å². The summed E-state index contributed by atoms with van der Waals surface area (Å²) in [5, 5.41) is 19.9. The van der Waals surface area contributed by atoms with Crippen LogP contribution in [-0.4, -0.2) is 122 Å². The second kappa shape index (κ2) is 21.3. The van der Waals surface area contributed by atoms with Crippen LogP contribution in [0.2, 0.25) is 0 Å². The number of carbonyl (C=O) groups excluding carboxylic acids is 5. The number of hydrogen-bond donors (Lipinski definition) is 7. The summed E-state index contributed by atoms with van der Waals surface area (Å²) < 4.78 is 12.2. The van der Waals surface area contributed by atoms with Crippen molar-refractivity contribution in [3.8, 4) is 28.7 Å². The number of aromatic nitrogens is 2. The highest BCUT2D eigenvalue weighted by atomic mass is 16.5. The van der Waals surface area contributed by atoms with Gasteiger partial charge in [-0.25, -0.2) is 9.97 Å². The first kappa shape index (κ1) is 48.7. The van der Waals surface area contributed by atoms with Gasteiger partial charge in [-0.3, -0.25) is 24.0 Å². The number of anilines is 1. The summed E-state index contributed by atoms with van der Waals surface area (Å²) >= 11 is 0. The van der Waals surface area contributed by atoms with Crippen molar-refractivity contribution in [1.82, 2.24) is 36.1 Å². The van der Waals surface area contributed by atoms with Crippen molar-refractivity contribution >= 4 is 35.5 Å². The molecule has 10 N–H and O–H groups in total. The molecule has 4 atom stereocenters. The predicted octanol–water partition coefficient (Wildman–Crippen LogP) is 0.750. The first-order valence-electron chi connectivity index (χ1n) is 21.5. The average Bonchev–Trinajstić information content (AvgIpc) is 3.22. The van der Waals surface area contributed by atoms with E-state index in [0.717, 1.165) is 13.1 Å². The molecule has 2 aromatic carbocycles. The highest BCUT2D eigenvalue weighted by molar-refractivity contribution is 6.00. The summed E-state index contributed by atoms with van der Waals surface area (Å²) in [4.78, 5) is 82.9. The zero-order chi connectivity index (χ0) is 46.9. The largest absolute Gasteiger partial charge is 0.492 e. The van der Waals surface area contributed by atoms with Crippen LogP contribution >= 0.6 is 0 Å². The summed E-state index contributed by atoms with van der Waals surface area (Å²) in [7, 11) is 1.42. The minimum atomic E-state index is -1.39. The van der Waals surface area contributed by atoms with E-state index in [1.54, 1.807) is 50.2 Å². The molecule has 344 valence electrons. The van der Waals surface area contributed by atoms with E-state index >= 15 is 0 Å². The molecule has 0 saturated carbocycles. The summed E-state index contributed by atoms with van der Waals surface area (Å²) in [5.41, 5.74) is 20.8. The second-order valence-corrected chi connectivity index (χ2v) is 17.2. The van der Waals surface area contributed by atoms with Crippen molar-refractivity contribution < 1.29 is 33.4 Å². The van der Waals surface area contributed by atoms with Gasteiger partial charge in [-0.15, -0.1) is 0 Å². The topological polar surface area (TPSA) is 286 Å². The highest BCUT2D eigenvalue weighted by Crippen LogP contribution is 2.40. The molecule has 1 saturated heterocycles. The Bertz CT molecular complexity index is 2230. The van der Waals surface area contributed by atoms with E-state index in [1.807, 2.05) is 6.07 Å². The molecule has 4 bridgehead atoms. The number of nitrogens with zero attached hydrogens (tertiary/aromatic N) is 5. The van der Waals surface area contributed by atoms with Crippen molar-refractivity contribution in [2.24, 2.45) is 28.5 Å². The van der Waals surface area contributed by atoms with Crippen LogP contribution in [0.4, 0.5) is 5.95 Å². The molecule has 19 heteroatoms. The number of aryl methyl sites for hydroxylation is 2. The number of amides is 5. The number of likely N-dealkylation sites (N-methyl/N-ethyl adjacent to an activating group) is 1. The molecule has 0 radical (unpaired) electrons. The summed E-state index contributed by atoms with van der Waals surface area (Å²) in [6, 6.07) is 7.10. The van der Waals surface area contributed by atoms with Gasteiger partial charge in [0.1, 0.15) is 55.4 Å². The monoisotopic (exact) mass is 882 g/mol. The van der Waals surface area contributed by atoms with Crippen molar-refractivity contribution in [2.75, 3.05) is 64.4 Å². The Morgan fingerprint density at radius 1 is 0.938 bits per heavy atom. The number of nitriles is 1. The molecular weight excluding hydrogens is 821 g/mol. The van der Waals surface area contributed by atoms with Crippen molar-refractivity contribution in [2.45, 2.75) is 78.6 Å². The summed E-state index contributed by atoms with van der Waals surface area (Å²) in [5.74, 6) is -1.50. The number of hydrogen-bond acceptors (Lipinski definition) is 14. The summed E-state index contributed by atoms with van der Waals surface area (Å²) in [6.45, 7) is 13.5. The first-order valence-corrected chi connectivity index (χ1v) is 21.5. The molecule has 3 heterocycles. The third-order valence-corrected chi connectivity index (χ3v) is 11.5. The Hall–Kier alpha value is -6.36. The molecule has 0 spiro atoms. The molecule has 19 nitrogen and oxygen atoms in total. The van der Waals surface area contributed by atoms with Gasteiger partial charge in [0, 0.05) is 50.8 Å². The highest BCUT2D eigenvalue weighted by Gasteiger charge is 2.39. The van der Waals surface area contributed by atoms with E-state index in [-0.39, 0.29) is 63.2 Å². The number of ether oxygens (including phenoxy) is 2. The molecule has 1 aromatic heterocycles. The van der Waals surface area contributed by atoms with Crippen LogP contribution in [-0.2, 0) is 25.6 Å². The Morgan fingerprint density at radius 3 is 2.12 bits per heavy atom. The molecule has 5 amide bonds. The maximum absolute atomic E-state index is 14.7. The molecule has 1 fully saturated rings. The lowest BCUT2D eigenvalue weighted by Gasteiger charge is -2.46. The maximum atomic E-state index is 14.7. The molecule has 2 aliphatic rings. The number of nitrogens with one attached hydrogen (secondary N) is 4. The lowest BCUT2D eigenvalue weighted by molar-refractivity contribution is -0.141. The standard InChI is InChI=1S/C45H62N12O7/c1-25-37(26(2)53-44(52-25)57-23-30(24-57)45(4,5)6)41(60)54-33(12-13-46)43(62)56(7)38-29-9-11-36(64-19-16-49)32(22-29)31-20-28(8-10-35(31)63-18-15-48)21-34(40(59)50-17-14-47)55-39(58)27(3)51-42(38)61/h8-11,20,22,27,30,33-34,38H,12-13,15-19,21,23-24,46,48-49H2,1-7H3,(H,50,59)(H,51,61)(H,54,60)(H,55,58)/t27-,33?,34-,38-/m0/s1. The number of rotatable bonds is 15. The van der Waals surface area contributed by atoms with Gasteiger partial charge in [-0.05, 0) is 80.5 Å². The van der Waals surface area contributed by atoms with Crippen LogP contribution in [0.15, 0.2) is 36.4 Å². The minimum Gasteiger partial charge on any atom is -0.492 e. The zero-order valence-corrected chi connectivity index (χ0v) is 37.7. The normalized spacial score (nSPS) is 18.3. The van der Waals surface area contributed by atoms with Gasteiger partial charge in [0.05, 0.1) is 23.0 Å². The van der Waals surface area contributed by atoms with Crippen LogP contribution < -0.4 is 52.8 Å². The smallest absolute Gasteiger partial charge is 0.255 e. The fraction of sp³-hybridized carbons (Fsp3) is 0.511. The van der Waals surface area contributed by atoms with Gasteiger partial charge in [-0.2, -0.15) is 5.26 Å². The van der Waals surface area contributed by atoms with E-state index in [1.165, 1.54) is 18.9 Å². The molecular formula is C45H62N12O7. The Kier molecular flexibility index (Phi) is 16.2. The molecule has 64 heavy (non-hydrogen) atoms. The molecule has 0 aliphatic carbocycles. The molecule has 1 unspecified atom stereocenters. The Morgan fingerprint density at radius 2 is 1.55 bits per heavy atom. The number of carbonyl (C=O) groups is 5. The van der Waals surface area contributed by atoms with E-state index in [4.69, 9.17) is 31.9 Å². The third kappa shape index (κ3) is 11.4. The number of nitrogens with two attached hydrogens (primary N) is 3. The van der Waals surface area contributed by atoms with Crippen LogP contribution in [0, 0.1) is 36.5 Å². The third-order valence-electron chi connectivity index (χ3n) is 11.5. The molecule has 5 rings (SSSR count). The average molecular weight is 883 g/mol. The fourth-order valence-electron chi connectivity index (χ4n) is 7.72. The Balaban J connectivity index is 1.56. The van der Waals surface area contributed by atoms with Crippen LogP contribution in [0.3, 0.4) is 0 Å². The maximum Gasteiger partial charge on any atom is 0.255 e. The van der Waals surface area contributed by atoms with E-state index < -0.39 is 53.7 Å². The van der Waals surface area contributed by atoms with Gasteiger partial charge in [0.15, 0.2) is 0 Å². The van der Waals surface area contributed by atoms with E-state index in [9.17, 15) is 24.0 Å². The van der Waals surface area contributed by atoms with Crippen LogP contribution in [0.1, 0.15) is 73.0 Å². The van der Waals surface area contributed by atoms with Gasteiger partial charge >= 0.3 is 0 Å². The van der Waals surface area contributed by atoms with E-state index in [2.05, 4.69) is 56.9 Å². The van der Waals surface area contributed by atoms with Crippen molar-refractivity contribution in [1.29, 1.82) is 5.26 Å². The lowest BCUT2D eigenvalue weighted by atomic mass is 9.76. The minimum absolute atomic E-state index is 0.00621. The van der Waals surface area contributed by atoms with Gasteiger partial charge in [-0.1, -0.05) is 32.9 Å². The summed E-state index contributed by atoms with van der Waals surface area (Å²) in [6.07, 6.45) is 0.0222. The Labute approximate surface area is 374 Å². The number of fused-ring (bicyclic) bond motifs is 5. The second-order valence-electron chi connectivity index (χ2n) is 17.2. The lowest BCUT2D eigenvalue weighted by Crippen LogP contribution is -2.56. The quantitative estimate of drug-likeness (QED) is 0.104. The van der Waals surface area contributed by atoms with Crippen molar-refractivity contribution in [3.63, 3.8) is 0 Å². The first-order chi connectivity index (χ1) is 30.4. The molecule has 3 aromatic rings. The number of benzene rings is 2. The fourth-order valence-corrected chi connectivity index (χ4v) is 7.72. The van der Waals surface area contributed by atoms with Gasteiger partial charge < -0.3 is 57.7 Å². The van der Waals surface area contributed by atoms with Gasteiger partial charge in [0.25, 0.3) is 5.91 Å². The predicted molar refractivity (Wildman–Crippen MR) is 240 cm³/mol. The van der Waals surface area contributed by atoms with Crippen LogP contribution in [0.5, 0.6) is 11.5 Å². The van der Waals surface area contributed by atoms with Crippen molar-refractivity contribution in [3.05, 3.63) is 64.5 Å². The SMILES string of the molecule is Cc1nc(N2CC(C(C)(C)C)C2)nc(C)c1C(=O)NC(CCN)C(=O)N(C)[C@@H]1C(=O)N[C@@H](C)C(=O)N[C@H](C(=O)NCC#N)Cc2ccc(OCCN)c(c2)-c2cc1ccc2OCCN. The van der Waals surface area contributed by atoms with Crippen LogP contribution in [0.25, 0.3) is 11.1 Å². The zero-order valence-electron chi connectivity index (χ0n) is 37.7. The van der Waals surface area contributed by atoms with E-state index in [0.29, 0.717) is 57.0 Å². The molecule has 2 aliphatic heterocycles.